The molecule has 3 heterocycles. The van der Waals surface area contributed by atoms with E-state index < -0.39 is 0 Å². The zero-order chi connectivity index (χ0) is 18.9. The van der Waals surface area contributed by atoms with Crippen LogP contribution in [0.2, 0.25) is 0 Å². The number of fused-ring (bicyclic) bond motifs is 1. The van der Waals surface area contributed by atoms with Crippen LogP contribution in [-0.4, -0.2) is 57.8 Å². The van der Waals surface area contributed by atoms with E-state index in [1.54, 1.807) is 0 Å². The van der Waals surface area contributed by atoms with Crippen LogP contribution in [0.25, 0.3) is 0 Å². The Kier molecular flexibility index (Phi) is 10.5. The first kappa shape index (κ1) is 23.4. The van der Waals surface area contributed by atoms with Gasteiger partial charge in [-0.15, -0.1) is 34.2 Å². The topological polar surface area (TPSA) is 70.4 Å². The van der Waals surface area contributed by atoms with Crippen molar-refractivity contribution in [3.8, 4) is 0 Å². The number of aliphatic imine (C=N–C) groups is 1. The van der Waals surface area contributed by atoms with Crippen LogP contribution in [0.4, 0.5) is 0 Å². The normalized spacial score (nSPS) is 20.8. The zero-order valence-corrected chi connectivity index (χ0v) is 20.0. The lowest BCUT2D eigenvalue weighted by Gasteiger charge is -2.33. The van der Waals surface area contributed by atoms with Gasteiger partial charge in [0.05, 0.1) is 0 Å². The van der Waals surface area contributed by atoms with Gasteiger partial charge >= 0.3 is 0 Å². The molecule has 0 bridgehead atoms. The molecule has 2 aliphatic heterocycles. The van der Waals surface area contributed by atoms with Crippen LogP contribution in [0.3, 0.4) is 0 Å². The second kappa shape index (κ2) is 12.6. The summed E-state index contributed by atoms with van der Waals surface area (Å²) in [5, 5.41) is 15.6. The molecule has 1 atom stereocenters. The Morgan fingerprint density at radius 2 is 1.96 bits per heavy atom. The SMILES string of the molecule is CCNC(=NCc1nnc2n1CCCCC2)NCCCN1CCCCC1C.I. The van der Waals surface area contributed by atoms with Crippen LogP contribution in [-0.2, 0) is 19.5 Å². The van der Waals surface area contributed by atoms with Crippen LogP contribution >= 0.6 is 24.0 Å². The van der Waals surface area contributed by atoms with E-state index in [4.69, 9.17) is 4.99 Å². The molecule has 28 heavy (non-hydrogen) atoms. The van der Waals surface area contributed by atoms with E-state index in [1.165, 1.54) is 51.6 Å². The molecule has 160 valence electrons. The molecule has 0 saturated carbocycles. The number of likely N-dealkylation sites (tertiary alicyclic amines) is 1. The van der Waals surface area contributed by atoms with Crippen molar-refractivity contribution in [3.63, 3.8) is 0 Å². The Labute approximate surface area is 187 Å². The fraction of sp³-hybridized carbons (Fsp3) is 0.850. The lowest BCUT2D eigenvalue weighted by molar-refractivity contribution is 0.159. The standard InChI is InChI=1S/C20H37N7.HI/c1-3-21-20(22-12-9-14-26-13-8-6-10-17(26)2)23-16-19-25-24-18-11-5-4-7-15-27(18)19;/h17H,3-16H2,1-2H3,(H2,21,22,23);1H. The van der Waals surface area contributed by atoms with Crippen molar-refractivity contribution in [1.29, 1.82) is 0 Å². The van der Waals surface area contributed by atoms with Gasteiger partial charge in [-0.25, -0.2) is 4.99 Å². The lowest BCUT2D eigenvalue weighted by Crippen LogP contribution is -2.41. The minimum absolute atomic E-state index is 0. The third-order valence-electron chi connectivity index (χ3n) is 5.76. The Morgan fingerprint density at radius 1 is 1.11 bits per heavy atom. The van der Waals surface area contributed by atoms with Crippen LogP contribution in [0.1, 0.15) is 70.4 Å². The van der Waals surface area contributed by atoms with Gasteiger partial charge in [0.25, 0.3) is 0 Å². The minimum Gasteiger partial charge on any atom is -0.357 e. The van der Waals surface area contributed by atoms with Crippen LogP contribution in [0.15, 0.2) is 4.99 Å². The number of hydrogen-bond acceptors (Lipinski definition) is 4. The van der Waals surface area contributed by atoms with Gasteiger partial charge in [0, 0.05) is 38.6 Å². The number of rotatable bonds is 7. The summed E-state index contributed by atoms with van der Waals surface area (Å²) in [7, 11) is 0. The smallest absolute Gasteiger partial charge is 0.191 e. The first-order valence-electron chi connectivity index (χ1n) is 10.9. The molecule has 1 aromatic rings. The van der Waals surface area contributed by atoms with Crippen molar-refractivity contribution in [1.82, 2.24) is 30.3 Å². The number of guanidine groups is 1. The van der Waals surface area contributed by atoms with Crippen molar-refractivity contribution < 1.29 is 0 Å². The van der Waals surface area contributed by atoms with E-state index in [2.05, 4.69) is 44.1 Å². The summed E-state index contributed by atoms with van der Waals surface area (Å²) in [6, 6.07) is 0.740. The monoisotopic (exact) mass is 503 g/mol. The Bertz CT molecular complexity index is 601. The van der Waals surface area contributed by atoms with Gasteiger partial charge in [0.2, 0.25) is 0 Å². The molecule has 8 heteroatoms. The maximum Gasteiger partial charge on any atom is 0.191 e. The van der Waals surface area contributed by atoms with Crippen molar-refractivity contribution >= 4 is 29.9 Å². The highest BCUT2D eigenvalue weighted by atomic mass is 127. The van der Waals surface area contributed by atoms with E-state index in [0.29, 0.717) is 6.54 Å². The molecule has 0 radical (unpaired) electrons. The Morgan fingerprint density at radius 3 is 2.79 bits per heavy atom. The molecule has 0 amide bonds. The highest BCUT2D eigenvalue weighted by Gasteiger charge is 2.17. The molecule has 1 saturated heterocycles. The van der Waals surface area contributed by atoms with Gasteiger partial charge in [0.1, 0.15) is 12.4 Å². The van der Waals surface area contributed by atoms with Gasteiger partial charge < -0.3 is 20.1 Å². The molecule has 3 rings (SSSR count). The maximum absolute atomic E-state index is 4.75. The fourth-order valence-corrected chi connectivity index (χ4v) is 4.13. The first-order valence-corrected chi connectivity index (χ1v) is 10.9. The number of halogens is 1. The summed E-state index contributed by atoms with van der Waals surface area (Å²) < 4.78 is 2.28. The van der Waals surface area contributed by atoms with E-state index in [9.17, 15) is 0 Å². The Balaban J connectivity index is 0.00000280. The van der Waals surface area contributed by atoms with E-state index >= 15 is 0 Å². The molecular formula is C20H38IN7. The van der Waals surface area contributed by atoms with Crippen LogP contribution in [0.5, 0.6) is 0 Å². The van der Waals surface area contributed by atoms with Crippen molar-refractivity contribution in [2.24, 2.45) is 4.99 Å². The van der Waals surface area contributed by atoms with E-state index in [-0.39, 0.29) is 24.0 Å². The highest BCUT2D eigenvalue weighted by molar-refractivity contribution is 14.0. The summed E-state index contributed by atoms with van der Waals surface area (Å²) in [6.45, 7) is 10.3. The van der Waals surface area contributed by atoms with Crippen LogP contribution in [0, 0.1) is 0 Å². The van der Waals surface area contributed by atoms with Crippen molar-refractivity contribution in [3.05, 3.63) is 11.6 Å². The molecule has 2 aliphatic rings. The molecule has 1 unspecified atom stereocenters. The average molecular weight is 503 g/mol. The summed E-state index contributed by atoms with van der Waals surface area (Å²) >= 11 is 0. The molecule has 0 spiro atoms. The molecule has 0 aliphatic carbocycles. The lowest BCUT2D eigenvalue weighted by atomic mass is 10.0. The van der Waals surface area contributed by atoms with E-state index in [0.717, 1.165) is 56.1 Å². The quantitative estimate of drug-likeness (QED) is 0.259. The molecule has 1 fully saturated rings. The summed E-state index contributed by atoms with van der Waals surface area (Å²) in [6.07, 6.45) is 10.0. The van der Waals surface area contributed by atoms with E-state index in [1.807, 2.05) is 0 Å². The molecular weight excluding hydrogens is 465 g/mol. The molecule has 2 N–H and O–H groups in total. The second-order valence-corrected chi connectivity index (χ2v) is 7.85. The molecule has 0 aromatic carbocycles. The number of piperidine rings is 1. The number of nitrogens with one attached hydrogen (secondary N) is 2. The number of hydrogen-bond donors (Lipinski definition) is 2. The largest absolute Gasteiger partial charge is 0.357 e. The maximum atomic E-state index is 4.75. The zero-order valence-electron chi connectivity index (χ0n) is 17.6. The Hall–Kier alpha value is -0.900. The third-order valence-corrected chi connectivity index (χ3v) is 5.76. The summed E-state index contributed by atoms with van der Waals surface area (Å²) in [5.41, 5.74) is 0. The van der Waals surface area contributed by atoms with Crippen LogP contribution < -0.4 is 10.6 Å². The summed E-state index contributed by atoms with van der Waals surface area (Å²) in [5.74, 6) is 3.01. The molecule has 7 nitrogen and oxygen atoms in total. The van der Waals surface area contributed by atoms with Gasteiger partial charge in [0.15, 0.2) is 11.8 Å². The van der Waals surface area contributed by atoms with Gasteiger partial charge in [-0.2, -0.15) is 0 Å². The first-order chi connectivity index (χ1) is 13.3. The predicted molar refractivity (Wildman–Crippen MR) is 125 cm³/mol. The number of aryl methyl sites for hydroxylation is 1. The van der Waals surface area contributed by atoms with Gasteiger partial charge in [-0.3, -0.25) is 0 Å². The third kappa shape index (κ3) is 6.86. The highest BCUT2D eigenvalue weighted by Crippen LogP contribution is 2.16. The van der Waals surface area contributed by atoms with Crippen molar-refractivity contribution in [2.75, 3.05) is 26.2 Å². The number of nitrogens with zero attached hydrogens (tertiary/aromatic N) is 5. The predicted octanol–water partition coefficient (Wildman–Crippen LogP) is 2.94. The molecule has 1 aromatic heterocycles. The van der Waals surface area contributed by atoms with Crippen molar-refractivity contribution in [2.45, 2.75) is 84.3 Å². The fourth-order valence-electron chi connectivity index (χ4n) is 4.13. The summed E-state index contributed by atoms with van der Waals surface area (Å²) in [4.78, 5) is 7.38. The number of aromatic nitrogens is 3. The average Bonchev–Trinajstić information content (AvgIpc) is 2.90. The van der Waals surface area contributed by atoms with Gasteiger partial charge in [-0.1, -0.05) is 12.8 Å². The van der Waals surface area contributed by atoms with Gasteiger partial charge in [-0.05, 0) is 52.5 Å². The minimum atomic E-state index is 0. The second-order valence-electron chi connectivity index (χ2n) is 7.85.